The van der Waals surface area contributed by atoms with E-state index in [1.807, 2.05) is 0 Å². The topological polar surface area (TPSA) is 49.7 Å². The highest BCUT2D eigenvalue weighted by Crippen LogP contribution is 2.52. The minimum Gasteiger partial charge on any atom is -0.393 e. The van der Waals surface area contributed by atoms with Gasteiger partial charge >= 0.3 is 0 Å². The maximum absolute atomic E-state index is 12.6. The van der Waals surface area contributed by atoms with Crippen molar-refractivity contribution < 1.29 is 19.3 Å². The van der Waals surface area contributed by atoms with Crippen LogP contribution >= 0.6 is 0 Å². The molecule has 4 heteroatoms. The maximum Gasteiger partial charge on any atom is 0.135 e. The van der Waals surface area contributed by atoms with E-state index < -0.39 is 29.9 Å². The molecular formula is C7H11FO3. The quantitative estimate of drug-likeness (QED) is 0.544. The average Bonchev–Trinajstić information content (AvgIpc) is 2.49. The van der Waals surface area contributed by atoms with Crippen LogP contribution < -0.4 is 0 Å². The Morgan fingerprint density at radius 3 is 2.64 bits per heavy atom. The fourth-order valence-corrected chi connectivity index (χ4v) is 1.68. The van der Waals surface area contributed by atoms with E-state index in [0.29, 0.717) is 0 Å². The summed E-state index contributed by atoms with van der Waals surface area (Å²) in [6, 6.07) is 0. The van der Waals surface area contributed by atoms with Crippen LogP contribution in [-0.2, 0) is 4.74 Å². The summed E-state index contributed by atoms with van der Waals surface area (Å²) < 4.78 is 17.7. The Kier molecular flexibility index (Phi) is 1.32. The summed E-state index contributed by atoms with van der Waals surface area (Å²) in [7, 11) is 0. The second-order valence-electron chi connectivity index (χ2n) is 3.52. The molecule has 64 valence electrons. The summed E-state index contributed by atoms with van der Waals surface area (Å²) in [5.74, 6) is -0.396. The first-order chi connectivity index (χ1) is 5.10. The minimum atomic E-state index is -1.02. The van der Waals surface area contributed by atoms with E-state index in [-0.39, 0.29) is 6.61 Å². The Hall–Kier alpha value is -0.190. The van der Waals surface area contributed by atoms with E-state index in [9.17, 15) is 9.50 Å². The Labute approximate surface area is 63.8 Å². The summed E-state index contributed by atoms with van der Waals surface area (Å²) in [6.45, 7) is 1.34. The lowest BCUT2D eigenvalue weighted by molar-refractivity contribution is -0.115. The van der Waals surface area contributed by atoms with Gasteiger partial charge in [0, 0.05) is 0 Å². The molecule has 11 heavy (non-hydrogen) atoms. The van der Waals surface area contributed by atoms with Crippen molar-refractivity contribution in [3.8, 4) is 0 Å². The molecule has 0 radical (unpaired) electrons. The Morgan fingerprint density at radius 1 is 1.64 bits per heavy atom. The largest absolute Gasteiger partial charge is 0.393 e. The number of rotatable bonds is 1. The zero-order valence-electron chi connectivity index (χ0n) is 6.20. The number of aliphatic hydroxyl groups is 2. The number of aliphatic hydroxyl groups excluding tert-OH is 2. The van der Waals surface area contributed by atoms with Crippen LogP contribution in [0.4, 0.5) is 4.39 Å². The van der Waals surface area contributed by atoms with Gasteiger partial charge in [-0.15, -0.1) is 0 Å². The molecule has 0 amide bonds. The van der Waals surface area contributed by atoms with Crippen LogP contribution in [0.5, 0.6) is 0 Å². The molecule has 1 heterocycles. The molecular weight excluding hydrogens is 151 g/mol. The van der Waals surface area contributed by atoms with E-state index in [2.05, 4.69) is 0 Å². The molecule has 1 saturated carbocycles. The second-order valence-corrected chi connectivity index (χ2v) is 3.52. The zero-order valence-corrected chi connectivity index (χ0v) is 6.20. The van der Waals surface area contributed by atoms with Crippen LogP contribution in [-0.4, -0.2) is 40.8 Å². The van der Waals surface area contributed by atoms with Gasteiger partial charge in [-0.3, -0.25) is 0 Å². The lowest BCUT2D eigenvalue weighted by Crippen LogP contribution is -2.43. The highest BCUT2D eigenvalue weighted by atomic mass is 19.1. The molecule has 2 rings (SSSR count). The predicted octanol–water partition coefficient (Wildman–Crippen LogP) is -0.535. The van der Waals surface area contributed by atoms with E-state index in [0.717, 1.165) is 0 Å². The van der Waals surface area contributed by atoms with Crippen molar-refractivity contribution in [3.63, 3.8) is 0 Å². The molecule has 0 spiro atoms. The summed E-state index contributed by atoms with van der Waals surface area (Å²) in [4.78, 5) is 0. The van der Waals surface area contributed by atoms with Gasteiger partial charge in [0.25, 0.3) is 0 Å². The van der Waals surface area contributed by atoms with Crippen molar-refractivity contribution in [1.82, 2.24) is 0 Å². The smallest absolute Gasteiger partial charge is 0.135 e. The first-order valence-corrected chi connectivity index (χ1v) is 3.71. The summed E-state index contributed by atoms with van der Waals surface area (Å²) >= 11 is 0. The summed E-state index contributed by atoms with van der Waals surface area (Å²) in [6.07, 6.45) is -2.35. The number of halogens is 1. The third-order valence-corrected chi connectivity index (χ3v) is 2.63. The number of hydrogen-bond acceptors (Lipinski definition) is 3. The van der Waals surface area contributed by atoms with Crippen molar-refractivity contribution in [2.45, 2.75) is 30.9 Å². The first kappa shape index (κ1) is 7.46. The van der Waals surface area contributed by atoms with Crippen molar-refractivity contribution in [1.29, 1.82) is 0 Å². The van der Waals surface area contributed by atoms with Gasteiger partial charge in [-0.1, -0.05) is 0 Å². The van der Waals surface area contributed by atoms with E-state index in [4.69, 9.17) is 9.84 Å². The molecule has 1 aliphatic heterocycles. The van der Waals surface area contributed by atoms with Crippen LogP contribution in [0.25, 0.3) is 0 Å². The van der Waals surface area contributed by atoms with E-state index in [1.54, 1.807) is 6.92 Å². The molecule has 0 aromatic rings. The highest BCUT2D eigenvalue weighted by Gasteiger charge is 2.68. The van der Waals surface area contributed by atoms with E-state index >= 15 is 0 Å². The van der Waals surface area contributed by atoms with Gasteiger partial charge in [-0.05, 0) is 6.92 Å². The van der Waals surface area contributed by atoms with Crippen molar-refractivity contribution >= 4 is 0 Å². The molecule has 0 bridgehead atoms. The van der Waals surface area contributed by atoms with Crippen LogP contribution in [0.15, 0.2) is 0 Å². The van der Waals surface area contributed by atoms with Gasteiger partial charge < -0.3 is 14.9 Å². The van der Waals surface area contributed by atoms with Crippen LogP contribution in [0.2, 0.25) is 0 Å². The Bertz CT molecular complexity index is 187. The molecule has 3 nitrogen and oxygen atoms in total. The Morgan fingerprint density at radius 2 is 2.27 bits per heavy atom. The number of ether oxygens (including phenoxy) is 1. The maximum atomic E-state index is 12.6. The summed E-state index contributed by atoms with van der Waals surface area (Å²) in [5.41, 5.74) is -0.933. The van der Waals surface area contributed by atoms with Gasteiger partial charge in [0.2, 0.25) is 0 Å². The van der Waals surface area contributed by atoms with Crippen molar-refractivity contribution in [3.05, 3.63) is 0 Å². The number of fused-ring (bicyclic) bond motifs is 1. The third-order valence-electron chi connectivity index (χ3n) is 2.63. The standard InChI is InChI=1S/C7H11FO3/c1-7(2-9)6(10)3-4(8)5(3)11-7/h3-6,9-10H,2H2,1H3/t3?,4?,5-,6?,7?/m0/s1. The minimum absolute atomic E-state index is 0.256. The van der Waals surface area contributed by atoms with Crippen LogP contribution in [0, 0.1) is 5.92 Å². The molecule has 5 atom stereocenters. The molecule has 2 aliphatic rings. The molecule has 1 aliphatic carbocycles. The zero-order chi connectivity index (χ0) is 8.22. The highest BCUT2D eigenvalue weighted by molar-refractivity contribution is 5.15. The van der Waals surface area contributed by atoms with Gasteiger partial charge in [0.1, 0.15) is 11.8 Å². The SMILES string of the molecule is CC1(CO)O[C@@H]2C(F)C2C1O. The van der Waals surface area contributed by atoms with Gasteiger partial charge in [-0.25, -0.2) is 4.39 Å². The van der Waals surface area contributed by atoms with Gasteiger partial charge in [0.05, 0.1) is 24.7 Å². The van der Waals surface area contributed by atoms with E-state index in [1.165, 1.54) is 0 Å². The molecule has 4 unspecified atom stereocenters. The van der Waals surface area contributed by atoms with Gasteiger partial charge in [-0.2, -0.15) is 0 Å². The fraction of sp³-hybridized carbons (Fsp3) is 1.00. The van der Waals surface area contributed by atoms with Gasteiger partial charge in [0.15, 0.2) is 0 Å². The second kappa shape index (κ2) is 1.94. The van der Waals surface area contributed by atoms with Crippen molar-refractivity contribution in [2.24, 2.45) is 5.92 Å². The summed E-state index contributed by atoms with van der Waals surface area (Å²) in [5, 5.41) is 18.2. The molecule has 0 aromatic carbocycles. The average molecular weight is 162 g/mol. The molecule has 1 saturated heterocycles. The number of hydrogen-bond donors (Lipinski definition) is 2. The van der Waals surface area contributed by atoms with Crippen LogP contribution in [0.3, 0.4) is 0 Å². The lowest BCUT2D eigenvalue weighted by atomic mass is 9.98. The monoisotopic (exact) mass is 162 g/mol. The lowest BCUT2D eigenvalue weighted by Gasteiger charge is -2.27. The number of alkyl halides is 1. The fourth-order valence-electron chi connectivity index (χ4n) is 1.68. The third kappa shape index (κ3) is 0.774. The first-order valence-electron chi connectivity index (χ1n) is 3.71. The normalized spacial score (nSPS) is 61.1. The van der Waals surface area contributed by atoms with Crippen molar-refractivity contribution in [2.75, 3.05) is 6.61 Å². The Balaban J connectivity index is 2.11. The molecule has 0 aromatic heterocycles. The van der Waals surface area contributed by atoms with Crippen LogP contribution in [0.1, 0.15) is 6.92 Å². The molecule has 2 N–H and O–H groups in total. The predicted molar refractivity (Wildman–Crippen MR) is 34.8 cm³/mol. The molecule has 2 fully saturated rings.